The minimum Gasteiger partial charge on any atom is -0.150 e. The zero-order valence-electron chi connectivity index (χ0n) is 8.87. The van der Waals surface area contributed by atoms with Gasteiger partial charge in [0.25, 0.3) is 0 Å². The van der Waals surface area contributed by atoms with E-state index >= 15 is 0 Å². The van der Waals surface area contributed by atoms with E-state index in [1.807, 2.05) is 10.8 Å². The second-order valence-electron chi connectivity index (χ2n) is 2.94. The first-order valence-corrected chi connectivity index (χ1v) is 5.81. The van der Waals surface area contributed by atoms with Gasteiger partial charge in [-0.2, -0.15) is 0 Å². The molecule has 1 aromatic carbocycles. The van der Waals surface area contributed by atoms with Gasteiger partial charge in [0.05, 0.1) is 10.8 Å². The lowest BCUT2D eigenvalue weighted by molar-refractivity contribution is 1.83. The van der Waals surface area contributed by atoms with Crippen LogP contribution in [0.4, 0.5) is 0 Å². The molecule has 2 rings (SSSR count). The average Bonchev–Trinajstić information content (AvgIpc) is 2.78. The Hall–Kier alpha value is -2.58. The molecule has 1 aromatic heterocycles. The molecule has 0 fully saturated rings. The Morgan fingerprint density at radius 1 is 0.647 bits per heavy atom. The minimum atomic E-state index is 0.955. The third kappa shape index (κ3) is 3.48. The molecule has 0 aliphatic rings. The van der Waals surface area contributed by atoms with Gasteiger partial charge in [0.15, 0.2) is 0 Å². The molecule has 0 amide bonds. The highest BCUT2D eigenvalue weighted by molar-refractivity contribution is 7.09. The van der Waals surface area contributed by atoms with Crippen molar-refractivity contribution in [2.45, 2.75) is 0 Å². The Balaban J connectivity index is 2.58. The summed E-state index contributed by atoms with van der Waals surface area (Å²) < 4.78 is 0. The van der Waals surface area contributed by atoms with Gasteiger partial charge in [-0.05, 0) is 36.4 Å². The first kappa shape index (κ1) is 10.9. The van der Waals surface area contributed by atoms with Crippen LogP contribution in [0, 0.1) is 48.5 Å². The number of hydrogen-bond acceptors (Lipinski definition) is 1. The van der Waals surface area contributed by atoms with Crippen molar-refractivity contribution >= 4 is 22.1 Å². The number of thiophene rings is 1. The maximum atomic E-state index is 3.04. The van der Waals surface area contributed by atoms with Crippen LogP contribution in [0.25, 0.3) is 10.8 Å². The first-order valence-electron chi connectivity index (χ1n) is 4.87. The maximum Gasteiger partial charge on any atom is 0.0512 e. The second kappa shape index (κ2) is 6.10. The molecule has 0 atom stereocenters. The summed E-state index contributed by atoms with van der Waals surface area (Å²) in [4.78, 5) is 0. The topological polar surface area (TPSA) is 0 Å². The van der Waals surface area contributed by atoms with E-state index in [1.54, 1.807) is 35.6 Å². The normalized spacial score (nSPS) is 7.29. The molecule has 0 bridgehead atoms. The van der Waals surface area contributed by atoms with E-state index in [4.69, 9.17) is 0 Å². The van der Waals surface area contributed by atoms with Crippen molar-refractivity contribution in [2.24, 2.45) is 0 Å². The average molecular weight is 230 g/mol. The third-order valence-corrected chi connectivity index (χ3v) is 2.53. The monoisotopic (exact) mass is 230 g/mol. The largest absolute Gasteiger partial charge is 0.150 e. The molecule has 0 saturated carbocycles. The van der Waals surface area contributed by atoms with Gasteiger partial charge in [0.1, 0.15) is 0 Å². The predicted molar refractivity (Wildman–Crippen MR) is 67.8 cm³/mol. The van der Waals surface area contributed by atoms with Gasteiger partial charge >= 0.3 is 0 Å². The van der Waals surface area contributed by atoms with E-state index < -0.39 is 0 Å². The molecular formula is C16H6S. The SMILES string of the molecule is c1c#cccc#cc2cscc2c#cccc#1. The van der Waals surface area contributed by atoms with Crippen LogP contribution in [-0.2, 0) is 0 Å². The Morgan fingerprint density at radius 2 is 1.12 bits per heavy atom. The number of hydrogen-bond donors (Lipinski definition) is 0. The highest BCUT2D eigenvalue weighted by Gasteiger charge is 1.85. The summed E-state index contributed by atoms with van der Waals surface area (Å²) in [5.41, 5.74) is 0. The summed E-state index contributed by atoms with van der Waals surface area (Å²) in [5, 5.41) is 5.89. The van der Waals surface area contributed by atoms with E-state index in [1.165, 1.54) is 0 Å². The molecule has 2 aromatic rings. The molecular weight excluding hydrogens is 224 g/mol. The van der Waals surface area contributed by atoms with E-state index in [2.05, 4.69) is 48.5 Å². The summed E-state index contributed by atoms with van der Waals surface area (Å²) in [5.74, 6) is 0. The van der Waals surface area contributed by atoms with E-state index in [0.29, 0.717) is 0 Å². The van der Waals surface area contributed by atoms with Gasteiger partial charge in [-0.15, -0.1) is 11.3 Å². The Morgan fingerprint density at radius 3 is 1.65 bits per heavy atom. The zero-order chi connectivity index (χ0) is 11.8. The van der Waals surface area contributed by atoms with Gasteiger partial charge < -0.3 is 0 Å². The van der Waals surface area contributed by atoms with Gasteiger partial charge in [0, 0.05) is 10.8 Å². The van der Waals surface area contributed by atoms with Crippen LogP contribution in [0.5, 0.6) is 0 Å². The van der Waals surface area contributed by atoms with Gasteiger partial charge in [-0.3, -0.25) is 0 Å². The Kier molecular flexibility index (Phi) is 3.92. The van der Waals surface area contributed by atoms with Crippen molar-refractivity contribution < 1.29 is 0 Å². The summed E-state index contributed by atoms with van der Waals surface area (Å²) >= 11 is 1.60. The lowest BCUT2D eigenvalue weighted by Gasteiger charge is -1.68. The summed E-state index contributed by atoms with van der Waals surface area (Å²) in [6.07, 6.45) is 0. The molecule has 0 spiro atoms. The van der Waals surface area contributed by atoms with Gasteiger partial charge in [-0.1, -0.05) is 36.4 Å². The van der Waals surface area contributed by atoms with Crippen LogP contribution < -0.4 is 0 Å². The van der Waals surface area contributed by atoms with Crippen LogP contribution in [0.1, 0.15) is 0 Å². The van der Waals surface area contributed by atoms with Crippen LogP contribution in [-0.4, -0.2) is 0 Å². The zero-order valence-corrected chi connectivity index (χ0v) is 9.69. The fourth-order valence-corrected chi connectivity index (χ4v) is 1.76. The molecule has 0 radical (unpaired) electrons. The molecule has 1 heteroatoms. The van der Waals surface area contributed by atoms with Gasteiger partial charge in [0.2, 0.25) is 0 Å². The lowest BCUT2D eigenvalue weighted by atomic mass is 10.3. The highest BCUT2D eigenvalue weighted by atomic mass is 32.1. The van der Waals surface area contributed by atoms with Crippen molar-refractivity contribution in [3.05, 3.63) is 83.6 Å². The van der Waals surface area contributed by atoms with Crippen molar-refractivity contribution in [1.29, 1.82) is 0 Å². The van der Waals surface area contributed by atoms with Crippen LogP contribution in [0.15, 0.2) is 35.0 Å². The third-order valence-electron chi connectivity index (χ3n) is 1.78. The molecule has 0 unspecified atom stereocenters. The molecule has 0 N–H and O–H groups in total. The van der Waals surface area contributed by atoms with Crippen molar-refractivity contribution in [3.63, 3.8) is 0 Å². The first-order chi connectivity index (χ1) is 8.47. The molecule has 0 nitrogen and oxygen atoms in total. The standard InChI is InChI=1S/C16H6S/c1-2-4-6-8-10-12-16-14-17-13-15(16)11-9-7-5-3-1/h5-8,13-14H. The quantitative estimate of drug-likeness (QED) is 0.649. The lowest BCUT2D eigenvalue weighted by Crippen LogP contribution is -1.48. The molecule has 1 heterocycles. The van der Waals surface area contributed by atoms with E-state index in [-0.39, 0.29) is 0 Å². The minimum absolute atomic E-state index is 0.955. The summed E-state index contributed by atoms with van der Waals surface area (Å²) in [7, 11) is 0. The number of fused-ring (bicyclic) bond motifs is 1. The van der Waals surface area contributed by atoms with Crippen LogP contribution in [0.3, 0.4) is 0 Å². The Labute approximate surface area is 106 Å². The van der Waals surface area contributed by atoms with Crippen molar-refractivity contribution in [3.8, 4) is 0 Å². The molecule has 0 saturated heterocycles. The fraction of sp³-hybridized carbons (Fsp3) is 0. The summed E-state index contributed by atoms with van der Waals surface area (Å²) in [6, 6.07) is 29.7. The summed E-state index contributed by atoms with van der Waals surface area (Å²) in [6.45, 7) is 0. The van der Waals surface area contributed by atoms with Crippen molar-refractivity contribution in [2.75, 3.05) is 0 Å². The molecule has 0 aliphatic carbocycles. The molecule has 76 valence electrons. The van der Waals surface area contributed by atoms with Crippen molar-refractivity contribution in [1.82, 2.24) is 0 Å². The second-order valence-corrected chi connectivity index (χ2v) is 3.69. The van der Waals surface area contributed by atoms with Crippen LogP contribution in [0.2, 0.25) is 0 Å². The maximum absolute atomic E-state index is 3.04. The fourth-order valence-electron chi connectivity index (χ4n) is 1.05. The number of rotatable bonds is 0. The smallest absolute Gasteiger partial charge is 0.0512 e. The van der Waals surface area contributed by atoms with E-state index in [0.717, 1.165) is 10.8 Å². The predicted octanol–water partition coefficient (Wildman–Crippen LogP) is 3.55. The Bertz CT molecular complexity index is 530. The highest BCUT2D eigenvalue weighted by Crippen LogP contribution is 2.12. The molecule has 0 aliphatic heterocycles. The van der Waals surface area contributed by atoms with Crippen LogP contribution >= 0.6 is 11.3 Å². The van der Waals surface area contributed by atoms with Gasteiger partial charge in [-0.25, -0.2) is 0 Å². The molecule has 17 heavy (non-hydrogen) atoms. The van der Waals surface area contributed by atoms with E-state index in [9.17, 15) is 0 Å².